The van der Waals surface area contributed by atoms with E-state index in [4.69, 9.17) is 9.15 Å². The van der Waals surface area contributed by atoms with Crippen molar-refractivity contribution in [1.82, 2.24) is 9.97 Å². The number of hydrogen-bond donors (Lipinski definition) is 0. The molecule has 0 atom stereocenters. The van der Waals surface area contributed by atoms with Gasteiger partial charge in [0.05, 0.1) is 6.20 Å². The van der Waals surface area contributed by atoms with Gasteiger partial charge in [-0.05, 0) is 39.7 Å². The molecule has 0 radical (unpaired) electrons. The molecule has 2 aromatic heterocycles. The summed E-state index contributed by atoms with van der Waals surface area (Å²) in [5.41, 5.74) is 0.707. The number of anilines is 1. The lowest BCUT2D eigenvalue weighted by Crippen LogP contribution is -2.38. The first-order chi connectivity index (χ1) is 9.44. The molecule has 0 spiro atoms. The highest BCUT2D eigenvalue weighted by molar-refractivity contribution is 5.88. The minimum Gasteiger partial charge on any atom is -0.443 e. The van der Waals surface area contributed by atoms with Crippen molar-refractivity contribution < 1.29 is 13.9 Å². The number of hydrogen-bond acceptors (Lipinski definition) is 5. The van der Waals surface area contributed by atoms with Crippen molar-refractivity contribution >= 4 is 23.2 Å². The SMILES string of the molecule is CC(C)(C)OC(=O)N(c1nc2ccncc2o1)C1CC1. The normalized spacial score (nSPS) is 15.3. The van der Waals surface area contributed by atoms with Crippen LogP contribution in [-0.2, 0) is 4.74 Å². The number of nitrogens with zero attached hydrogens (tertiary/aromatic N) is 3. The molecule has 1 saturated carbocycles. The molecule has 0 bridgehead atoms. The van der Waals surface area contributed by atoms with Crippen LogP contribution in [0.15, 0.2) is 22.9 Å². The fraction of sp³-hybridized carbons (Fsp3) is 0.500. The van der Waals surface area contributed by atoms with E-state index in [1.54, 1.807) is 18.5 Å². The Hall–Kier alpha value is -2.11. The minimum atomic E-state index is -0.544. The summed E-state index contributed by atoms with van der Waals surface area (Å²) in [7, 11) is 0. The number of aromatic nitrogens is 2. The van der Waals surface area contributed by atoms with Crippen molar-refractivity contribution in [3.8, 4) is 0 Å². The van der Waals surface area contributed by atoms with E-state index in [-0.39, 0.29) is 12.1 Å². The molecule has 0 unspecified atom stereocenters. The topological polar surface area (TPSA) is 68.5 Å². The van der Waals surface area contributed by atoms with Crippen LogP contribution in [0, 0.1) is 0 Å². The van der Waals surface area contributed by atoms with Crippen LogP contribution >= 0.6 is 0 Å². The molecule has 0 aromatic carbocycles. The predicted molar refractivity (Wildman–Crippen MR) is 73.5 cm³/mol. The summed E-state index contributed by atoms with van der Waals surface area (Å²) in [5.74, 6) is 0. The molecule has 2 aromatic rings. The Kier molecular flexibility index (Phi) is 2.88. The summed E-state index contributed by atoms with van der Waals surface area (Å²) >= 11 is 0. The highest BCUT2D eigenvalue weighted by Crippen LogP contribution is 2.34. The van der Waals surface area contributed by atoms with Crippen molar-refractivity contribution in [3.05, 3.63) is 18.5 Å². The molecule has 1 aliphatic carbocycles. The molecule has 6 heteroatoms. The second-order valence-corrected chi connectivity index (χ2v) is 5.92. The van der Waals surface area contributed by atoms with Gasteiger partial charge >= 0.3 is 12.1 Å². The molecule has 1 amide bonds. The maximum absolute atomic E-state index is 12.3. The maximum atomic E-state index is 12.3. The number of carbonyl (C=O) groups is 1. The van der Waals surface area contributed by atoms with Gasteiger partial charge in [0.25, 0.3) is 0 Å². The lowest BCUT2D eigenvalue weighted by Gasteiger charge is -2.24. The van der Waals surface area contributed by atoms with Gasteiger partial charge in [0.1, 0.15) is 11.1 Å². The number of pyridine rings is 1. The van der Waals surface area contributed by atoms with Crippen LogP contribution in [-0.4, -0.2) is 27.7 Å². The lowest BCUT2D eigenvalue weighted by molar-refractivity contribution is 0.0570. The second-order valence-electron chi connectivity index (χ2n) is 5.92. The van der Waals surface area contributed by atoms with Gasteiger partial charge in [-0.15, -0.1) is 0 Å². The molecule has 1 fully saturated rings. The highest BCUT2D eigenvalue weighted by Gasteiger charge is 2.39. The van der Waals surface area contributed by atoms with Crippen molar-refractivity contribution in [1.29, 1.82) is 0 Å². The summed E-state index contributed by atoms with van der Waals surface area (Å²) in [6.07, 6.45) is 4.70. The average Bonchev–Trinajstić information content (AvgIpc) is 3.06. The third-order valence-electron chi connectivity index (χ3n) is 2.89. The first-order valence-electron chi connectivity index (χ1n) is 6.67. The smallest absolute Gasteiger partial charge is 0.418 e. The van der Waals surface area contributed by atoms with E-state index >= 15 is 0 Å². The summed E-state index contributed by atoms with van der Waals surface area (Å²) in [5, 5.41) is 0. The van der Waals surface area contributed by atoms with Crippen molar-refractivity contribution in [2.24, 2.45) is 0 Å². The third-order valence-corrected chi connectivity index (χ3v) is 2.89. The van der Waals surface area contributed by atoms with Crippen LogP contribution in [0.4, 0.5) is 10.8 Å². The zero-order valence-corrected chi connectivity index (χ0v) is 11.8. The lowest BCUT2D eigenvalue weighted by atomic mass is 10.2. The minimum absolute atomic E-state index is 0.117. The Balaban J connectivity index is 1.92. The predicted octanol–water partition coefficient (Wildman–Crippen LogP) is 3.13. The summed E-state index contributed by atoms with van der Waals surface area (Å²) < 4.78 is 11.0. The molecular formula is C14H17N3O3. The Morgan fingerprint density at radius 2 is 2.20 bits per heavy atom. The second kappa shape index (κ2) is 4.47. The van der Waals surface area contributed by atoms with E-state index in [0.29, 0.717) is 11.1 Å². The van der Waals surface area contributed by atoms with Crippen LogP contribution in [0.3, 0.4) is 0 Å². The fourth-order valence-electron chi connectivity index (χ4n) is 1.90. The van der Waals surface area contributed by atoms with Gasteiger partial charge in [0.2, 0.25) is 0 Å². The number of ether oxygens (including phenoxy) is 1. The zero-order chi connectivity index (χ0) is 14.3. The van der Waals surface area contributed by atoms with Gasteiger partial charge in [0, 0.05) is 12.2 Å². The first-order valence-corrected chi connectivity index (χ1v) is 6.67. The van der Waals surface area contributed by atoms with Crippen LogP contribution in [0.1, 0.15) is 33.6 Å². The Morgan fingerprint density at radius 1 is 1.45 bits per heavy atom. The van der Waals surface area contributed by atoms with E-state index in [1.807, 2.05) is 20.8 Å². The highest BCUT2D eigenvalue weighted by atomic mass is 16.6. The number of amides is 1. The molecule has 106 valence electrons. The van der Waals surface area contributed by atoms with Crippen molar-refractivity contribution in [2.75, 3.05) is 4.90 Å². The van der Waals surface area contributed by atoms with Crippen molar-refractivity contribution in [3.63, 3.8) is 0 Å². The van der Waals surface area contributed by atoms with Crippen LogP contribution in [0.25, 0.3) is 11.1 Å². The van der Waals surface area contributed by atoms with E-state index in [0.717, 1.165) is 12.8 Å². The average molecular weight is 275 g/mol. The molecule has 20 heavy (non-hydrogen) atoms. The maximum Gasteiger partial charge on any atom is 0.418 e. The molecule has 1 aliphatic rings. The van der Waals surface area contributed by atoms with Gasteiger partial charge in [-0.25, -0.2) is 9.69 Å². The summed E-state index contributed by atoms with van der Waals surface area (Å²) in [6, 6.07) is 2.15. The first kappa shape index (κ1) is 12.9. The van der Waals surface area contributed by atoms with Crippen LogP contribution in [0.5, 0.6) is 0 Å². The third kappa shape index (κ3) is 2.59. The molecule has 3 rings (SSSR count). The van der Waals surface area contributed by atoms with Crippen molar-refractivity contribution in [2.45, 2.75) is 45.3 Å². The van der Waals surface area contributed by atoms with Gasteiger partial charge in [0.15, 0.2) is 5.58 Å². The van der Waals surface area contributed by atoms with E-state index < -0.39 is 11.7 Å². The largest absolute Gasteiger partial charge is 0.443 e. The fourth-order valence-corrected chi connectivity index (χ4v) is 1.90. The Morgan fingerprint density at radius 3 is 2.80 bits per heavy atom. The quantitative estimate of drug-likeness (QED) is 0.842. The number of carbonyl (C=O) groups excluding carboxylic acids is 1. The van der Waals surface area contributed by atoms with Gasteiger partial charge in [-0.3, -0.25) is 4.98 Å². The molecule has 0 aliphatic heterocycles. The molecular weight excluding hydrogens is 258 g/mol. The van der Waals surface area contributed by atoms with E-state index in [1.165, 1.54) is 4.90 Å². The Bertz CT molecular complexity index is 607. The van der Waals surface area contributed by atoms with Crippen LogP contribution < -0.4 is 4.90 Å². The number of fused-ring (bicyclic) bond motifs is 1. The Labute approximate surface area is 116 Å². The van der Waals surface area contributed by atoms with Gasteiger partial charge in [-0.1, -0.05) is 0 Å². The van der Waals surface area contributed by atoms with E-state index in [9.17, 15) is 4.79 Å². The van der Waals surface area contributed by atoms with Gasteiger partial charge in [-0.2, -0.15) is 4.98 Å². The monoisotopic (exact) mass is 275 g/mol. The summed E-state index contributed by atoms with van der Waals surface area (Å²) in [4.78, 5) is 22.1. The molecule has 6 nitrogen and oxygen atoms in total. The standard InChI is InChI=1S/C14H17N3O3/c1-14(2,3)20-13(18)17(9-4-5-9)12-16-10-6-7-15-8-11(10)19-12/h6-9H,4-5H2,1-3H3. The molecule has 0 N–H and O–H groups in total. The molecule has 0 saturated heterocycles. The van der Waals surface area contributed by atoms with E-state index in [2.05, 4.69) is 9.97 Å². The number of oxazole rings is 1. The number of rotatable bonds is 2. The van der Waals surface area contributed by atoms with Gasteiger partial charge < -0.3 is 9.15 Å². The van der Waals surface area contributed by atoms with Crippen LogP contribution in [0.2, 0.25) is 0 Å². The molecule has 2 heterocycles. The summed E-state index contributed by atoms with van der Waals surface area (Å²) in [6.45, 7) is 5.52. The zero-order valence-electron chi connectivity index (χ0n) is 11.8.